The first kappa shape index (κ1) is 19.6. The fourth-order valence-electron chi connectivity index (χ4n) is 3.07. The van der Waals surface area contributed by atoms with Gasteiger partial charge in [-0.1, -0.05) is 24.3 Å². The summed E-state index contributed by atoms with van der Waals surface area (Å²) in [4.78, 5) is 28.6. The molecule has 3 amide bonds. The molecular formula is C19H29N3O2S. The van der Waals surface area contributed by atoms with Gasteiger partial charge in [-0.05, 0) is 45.7 Å². The number of carbonyl (C=O) groups is 2. The van der Waals surface area contributed by atoms with E-state index in [-0.39, 0.29) is 28.6 Å². The summed E-state index contributed by atoms with van der Waals surface area (Å²) >= 11 is 1.69. The van der Waals surface area contributed by atoms with E-state index >= 15 is 0 Å². The zero-order valence-electron chi connectivity index (χ0n) is 15.8. The van der Waals surface area contributed by atoms with E-state index in [4.69, 9.17) is 0 Å². The maximum absolute atomic E-state index is 12.7. The lowest BCUT2D eigenvalue weighted by Gasteiger charge is -2.31. The van der Waals surface area contributed by atoms with E-state index in [0.717, 1.165) is 0 Å². The second kappa shape index (κ2) is 8.61. The van der Waals surface area contributed by atoms with Crippen molar-refractivity contribution in [2.75, 3.05) is 19.6 Å². The predicted octanol–water partition coefficient (Wildman–Crippen LogP) is 3.40. The number of urea groups is 1. The first-order chi connectivity index (χ1) is 11.9. The van der Waals surface area contributed by atoms with E-state index in [9.17, 15) is 9.59 Å². The van der Waals surface area contributed by atoms with Crippen LogP contribution in [-0.4, -0.2) is 52.7 Å². The minimum Gasteiger partial charge on any atom is -0.338 e. The van der Waals surface area contributed by atoms with Crippen molar-refractivity contribution < 1.29 is 9.59 Å². The normalized spacial score (nSPS) is 20.2. The molecule has 0 bridgehead atoms. The number of nitrogens with one attached hydrogen (secondary N) is 1. The van der Waals surface area contributed by atoms with E-state index in [1.54, 1.807) is 16.7 Å². The second-order valence-electron chi connectivity index (χ2n) is 6.64. The van der Waals surface area contributed by atoms with Crippen LogP contribution < -0.4 is 5.32 Å². The summed E-state index contributed by atoms with van der Waals surface area (Å²) in [5.74, 6) is 0.151. The van der Waals surface area contributed by atoms with Gasteiger partial charge in [0.05, 0.1) is 5.25 Å². The average molecular weight is 364 g/mol. The highest BCUT2D eigenvalue weighted by molar-refractivity contribution is 8.01. The monoisotopic (exact) mass is 363 g/mol. The fourth-order valence-corrected chi connectivity index (χ4v) is 4.47. The fraction of sp³-hybridized carbons (Fsp3) is 0.579. The molecule has 0 aromatic heterocycles. The van der Waals surface area contributed by atoms with Crippen LogP contribution in [0.25, 0.3) is 0 Å². The van der Waals surface area contributed by atoms with Gasteiger partial charge in [-0.3, -0.25) is 4.79 Å². The Hall–Kier alpha value is -1.69. The predicted molar refractivity (Wildman–Crippen MR) is 104 cm³/mol. The average Bonchev–Trinajstić information content (AvgIpc) is 2.83. The molecule has 1 aliphatic rings. The van der Waals surface area contributed by atoms with Crippen LogP contribution in [0.5, 0.6) is 0 Å². The number of amides is 3. The van der Waals surface area contributed by atoms with Crippen molar-refractivity contribution in [1.82, 2.24) is 15.1 Å². The van der Waals surface area contributed by atoms with Gasteiger partial charge in [-0.15, -0.1) is 11.8 Å². The third kappa shape index (κ3) is 4.48. The summed E-state index contributed by atoms with van der Waals surface area (Å²) in [5.41, 5.74) is 2.37. The molecule has 2 rings (SSSR count). The van der Waals surface area contributed by atoms with Gasteiger partial charge in [0, 0.05) is 25.7 Å². The largest absolute Gasteiger partial charge is 0.338 e. The van der Waals surface area contributed by atoms with Crippen molar-refractivity contribution in [1.29, 1.82) is 0 Å². The van der Waals surface area contributed by atoms with Gasteiger partial charge >= 0.3 is 6.03 Å². The number of hydrogen-bond acceptors (Lipinski definition) is 3. The highest BCUT2D eigenvalue weighted by Gasteiger charge is 2.39. The second-order valence-corrected chi connectivity index (χ2v) is 8.07. The Morgan fingerprint density at radius 2 is 2.04 bits per heavy atom. The van der Waals surface area contributed by atoms with Gasteiger partial charge in [-0.25, -0.2) is 4.79 Å². The third-order valence-electron chi connectivity index (χ3n) is 4.50. The lowest BCUT2D eigenvalue weighted by molar-refractivity contribution is -0.130. The molecule has 0 aliphatic carbocycles. The van der Waals surface area contributed by atoms with Crippen molar-refractivity contribution >= 4 is 23.7 Å². The molecule has 0 spiro atoms. The highest BCUT2D eigenvalue weighted by Crippen LogP contribution is 2.43. The third-order valence-corrected chi connectivity index (χ3v) is 5.87. The number of thioether (sulfide) groups is 1. The molecule has 1 aliphatic heterocycles. The van der Waals surface area contributed by atoms with Crippen LogP contribution in [0.15, 0.2) is 24.3 Å². The Morgan fingerprint density at radius 1 is 1.36 bits per heavy atom. The van der Waals surface area contributed by atoms with Gasteiger partial charge in [-0.2, -0.15) is 0 Å². The zero-order chi connectivity index (χ0) is 18.6. The van der Waals surface area contributed by atoms with E-state index < -0.39 is 0 Å². The summed E-state index contributed by atoms with van der Waals surface area (Å²) in [5, 5.41) is 2.82. The van der Waals surface area contributed by atoms with E-state index in [1.165, 1.54) is 11.1 Å². The van der Waals surface area contributed by atoms with Crippen LogP contribution in [0.2, 0.25) is 0 Å². The van der Waals surface area contributed by atoms with Gasteiger partial charge in [0.25, 0.3) is 0 Å². The maximum atomic E-state index is 12.7. The minimum atomic E-state index is -0.0720. The molecule has 0 unspecified atom stereocenters. The van der Waals surface area contributed by atoms with E-state index in [2.05, 4.69) is 24.4 Å². The molecule has 138 valence electrons. The van der Waals surface area contributed by atoms with Gasteiger partial charge in [0.15, 0.2) is 0 Å². The molecule has 5 nitrogen and oxygen atoms in total. The van der Waals surface area contributed by atoms with E-state index in [1.807, 2.05) is 44.7 Å². The van der Waals surface area contributed by atoms with Crippen LogP contribution >= 0.6 is 11.8 Å². The summed E-state index contributed by atoms with van der Waals surface area (Å²) in [6.45, 7) is 11.6. The Bertz CT molecular complexity index is 620. The van der Waals surface area contributed by atoms with Gasteiger partial charge in [0.2, 0.25) is 5.91 Å². The van der Waals surface area contributed by atoms with E-state index in [0.29, 0.717) is 19.6 Å². The molecule has 1 N–H and O–H groups in total. The quantitative estimate of drug-likeness (QED) is 0.843. The lowest BCUT2D eigenvalue weighted by Crippen LogP contribution is -2.48. The first-order valence-corrected chi connectivity index (χ1v) is 9.87. The summed E-state index contributed by atoms with van der Waals surface area (Å²) in [7, 11) is 0. The first-order valence-electron chi connectivity index (χ1n) is 8.92. The smallest absolute Gasteiger partial charge is 0.317 e. The molecule has 6 heteroatoms. The number of rotatable bonds is 6. The molecule has 0 saturated carbocycles. The molecular weight excluding hydrogens is 334 g/mol. The molecule has 0 radical (unpaired) electrons. The maximum Gasteiger partial charge on any atom is 0.317 e. The SMILES string of the molecule is CCNC(=O)N(CCN1C(=O)[C@@H](C)S[C@H]1c1ccccc1C)C(C)C. The lowest BCUT2D eigenvalue weighted by atomic mass is 10.1. The molecule has 1 saturated heterocycles. The van der Waals surface area contributed by atoms with Crippen LogP contribution in [0.3, 0.4) is 0 Å². The number of carbonyl (C=O) groups excluding carboxylic acids is 2. The van der Waals surface area contributed by atoms with Crippen LogP contribution in [0, 0.1) is 6.92 Å². The number of benzene rings is 1. The number of nitrogens with zero attached hydrogens (tertiary/aromatic N) is 2. The topological polar surface area (TPSA) is 52.7 Å². The Labute approximate surface area is 155 Å². The molecule has 2 atom stereocenters. The van der Waals surface area contributed by atoms with Crippen molar-refractivity contribution in [3.63, 3.8) is 0 Å². The van der Waals surface area contributed by atoms with Gasteiger partial charge in [0.1, 0.15) is 5.37 Å². The number of aryl methyl sites for hydroxylation is 1. The van der Waals surface area contributed by atoms with Crippen molar-refractivity contribution in [2.24, 2.45) is 0 Å². The molecule has 1 aromatic carbocycles. The van der Waals surface area contributed by atoms with Crippen molar-refractivity contribution in [3.8, 4) is 0 Å². The van der Waals surface area contributed by atoms with Gasteiger partial charge < -0.3 is 15.1 Å². The number of hydrogen-bond donors (Lipinski definition) is 1. The zero-order valence-corrected chi connectivity index (χ0v) is 16.6. The Kier molecular flexibility index (Phi) is 6.76. The molecule has 1 aromatic rings. The summed E-state index contributed by atoms with van der Waals surface area (Å²) in [6.07, 6.45) is 0. The molecule has 25 heavy (non-hydrogen) atoms. The van der Waals surface area contributed by atoms with Crippen molar-refractivity contribution in [3.05, 3.63) is 35.4 Å². The van der Waals surface area contributed by atoms with Crippen LogP contribution in [0.1, 0.15) is 44.2 Å². The summed E-state index contributed by atoms with van der Waals surface area (Å²) < 4.78 is 0. The van der Waals surface area contributed by atoms with Crippen LogP contribution in [-0.2, 0) is 4.79 Å². The van der Waals surface area contributed by atoms with Crippen LogP contribution in [0.4, 0.5) is 4.79 Å². The van der Waals surface area contributed by atoms with Crippen molar-refractivity contribution in [2.45, 2.75) is 51.3 Å². The minimum absolute atomic E-state index is 0.0203. The summed E-state index contributed by atoms with van der Waals surface area (Å²) in [6, 6.07) is 8.22. The highest BCUT2D eigenvalue weighted by atomic mass is 32.2. The molecule has 1 heterocycles. The Balaban J connectivity index is 2.15. The standard InChI is InChI=1S/C19H29N3O2S/c1-6-20-19(24)21(13(2)3)11-12-22-17(23)15(5)25-18(22)16-10-8-7-9-14(16)4/h7-10,13,15,18H,6,11-12H2,1-5H3,(H,20,24)/t15-,18+/m1/s1. The molecule has 1 fully saturated rings. The Morgan fingerprint density at radius 3 is 2.64 bits per heavy atom.